The number of hydrogen-bond acceptors (Lipinski definition) is 1. The Hall–Kier alpha value is -0.0400. The first-order valence-corrected chi connectivity index (χ1v) is 5.98. The Morgan fingerprint density at radius 2 is 2.15 bits per heavy atom. The average Bonchev–Trinajstić information content (AvgIpc) is 2.15. The van der Waals surface area contributed by atoms with E-state index in [4.69, 9.17) is 0 Å². The van der Waals surface area contributed by atoms with Crippen molar-refractivity contribution in [1.29, 1.82) is 0 Å². The smallest absolute Gasteiger partial charge is 0.00387 e. The van der Waals surface area contributed by atoms with Crippen molar-refractivity contribution in [2.24, 2.45) is 5.92 Å². The second-order valence-electron chi connectivity index (χ2n) is 4.74. The molecule has 0 spiro atoms. The second kappa shape index (κ2) is 5.64. The van der Waals surface area contributed by atoms with Crippen molar-refractivity contribution < 1.29 is 0 Å². The molecule has 13 heavy (non-hydrogen) atoms. The number of rotatable bonds is 4. The molecule has 1 atom stereocenters. The van der Waals surface area contributed by atoms with Crippen molar-refractivity contribution in [3.8, 4) is 0 Å². The van der Waals surface area contributed by atoms with Gasteiger partial charge in [-0.05, 0) is 45.6 Å². The van der Waals surface area contributed by atoms with Gasteiger partial charge in [0.2, 0.25) is 0 Å². The molecular weight excluding hydrogens is 158 g/mol. The predicted molar refractivity (Wildman–Crippen MR) is 59.0 cm³/mol. The van der Waals surface area contributed by atoms with Crippen LogP contribution < -0.4 is 0 Å². The molecule has 0 aromatic carbocycles. The molecule has 0 radical (unpaired) electrons. The lowest BCUT2D eigenvalue weighted by Crippen LogP contribution is -2.39. The van der Waals surface area contributed by atoms with Gasteiger partial charge < -0.3 is 4.90 Å². The molecule has 1 fully saturated rings. The average molecular weight is 183 g/mol. The summed E-state index contributed by atoms with van der Waals surface area (Å²) in [6.07, 6.45) is 7.14. The van der Waals surface area contributed by atoms with Crippen LogP contribution in [0.5, 0.6) is 0 Å². The van der Waals surface area contributed by atoms with E-state index in [1.54, 1.807) is 0 Å². The first-order valence-electron chi connectivity index (χ1n) is 5.98. The first kappa shape index (κ1) is 11.0. The van der Waals surface area contributed by atoms with Crippen LogP contribution in [0, 0.1) is 5.92 Å². The van der Waals surface area contributed by atoms with E-state index in [2.05, 4.69) is 25.7 Å². The maximum absolute atomic E-state index is 2.64. The quantitative estimate of drug-likeness (QED) is 0.646. The topological polar surface area (TPSA) is 3.24 Å². The summed E-state index contributed by atoms with van der Waals surface area (Å²) in [4.78, 5) is 2.64. The number of hydrogen-bond donors (Lipinski definition) is 0. The van der Waals surface area contributed by atoms with Crippen molar-refractivity contribution in [3.63, 3.8) is 0 Å². The first-order chi connectivity index (χ1) is 6.24. The van der Waals surface area contributed by atoms with E-state index in [1.165, 1.54) is 45.2 Å². The molecule has 0 aliphatic carbocycles. The minimum atomic E-state index is 0.754. The summed E-state index contributed by atoms with van der Waals surface area (Å²) in [5.41, 5.74) is 0. The van der Waals surface area contributed by atoms with Crippen molar-refractivity contribution in [2.45, 2.75) is 58.9 Å². The fraction of sp³-hybridized carbons (Fsp3) is 1.00. The van der Waals surface area contributed by atoms with E-state index < -0.39 is 0 Å². The van der Waals surface area contributed by atoms with Crippen molar-refractivity contribution >= 4 is 0 Å². The molecule has 1 saturated heterocycles. The highest BCUT2D eigenvalue weighted by Crippen LogP contribution is 2.22. The Morgan fingerprint density at radius 1 is 1.38 bits per heavy atom. The third-order valence-corrected chi connectivity index (χ3v) is 3.25. The zero-order chi connectivity index (χ0) is 9.68. The van der Waals surface area contributed by atoms with E-state index in [-0.39, 0.29) is 0 Å². The predicted octanol–water partition coefficient (Wildman–Crippen LogP) is 3.30. The summed E-state index contributed by atoms with van der Waals surface area (Å²) in [7, 11) is 0. The lowest BCUT2D eigenvalue weighted by molar-refractivity contribution is 0.134. The van der Waals surface area contributed by atoms with Crippen LogP contribution in [0.4, 0.5) is 0 Å². The summed E-state index contributed by atoms with van der Waals surface area (Å²) in [6.45, 7) is 9.63. The number of piperidine rings is 1. The fourth-order valence-corrected chi connectivity index (χ4v) is 2.29. The van der Waals surface area contributed by atoms with Crippen LogP contribution in [-0.2, 0) is 0 Å². The standard InChI is InChI=1S/C12H25N/c1-4-5-7-12-8-6-9-13(10-12)11(2)3/h11-12H,4-10H2,1-3H3. The van der Waals surface area contributed by atoms with Crippen LogP contribution in [0.15, 0.2) is 0 Å². The molecular formula is C12H25N. The molecule has 1 heteroatoms. The summed E-state index contributed by atoms with van der Waals surface area (Å²) in [5, 5.41) is 0. The molecule has 1 aliphatic rings. The highest BCUT2D eigenvalue weighted by Gasteiger charge is 2.20. The lowest BCUT2D eigenvalue weighted by atomic mass is 9.92. The van der Waals surface area contributed by atoms with Crippen LogP contribution in [0.25, 0.3) is 0 Å². The number of nitrogens with zero attached hydrogens (tertiary/aromatic N) is 1. The Morgan fingerprint density at radius 3 is 2.77 bits per heavy atom. The third-order valence-electron chi connectivity index (χ3n) is 3.25. The molecule has 1 nitrogen and oxygen atoms in total. The van der Waals surface area contributed by atoms with Gasteiger partial charge in [-0.3, -0.25) is 0 Å². The largest absolute Gasteiger partial charge is 0.301 e. The lowest BCUT2D eigenvalue weighted by Gasteiger charge is -2.35. The zero-order valence-corrected chi connectivity index (χ0v) is 9.55. The van der Waals surface area contributed by atoms with Gasteiger partial charge in [0.25, 0.3) is 0 Å². The van der Waals surface area contributed by atoms with Gasteiger partial charge in [-0.2, -0.15) is 0 Å². The maximum Gasteiger partial charge on any atom is 0.00387 e. The summed E-state index contributed by atoms with van der Waals surface area (Å²) in [5.74, 6) is 0.996. The SMILES string of the molecule is CCCCC1CCCN(C(C)C)C1. The van der Waals surface area contributed by atoms with Crippen LogP contribution in [0.1, 0.15) is 52.9 Å². The maximum atomic E-state index is 2.64. The molecule has 0 aromatic heterocycles. The third kappa shape index (κ3) is 3.68. The van der Waals surface area contributed by atoms with Crippen molar-refractivity contribution in [2.75, 3.05) is 13.1 Å². The molecule has 0 aromatic rings. The summed E-state index contributed by atoms with van der Waals surface area (Å²) in [6, 6.07) is 0.754. The molecule has 1 aliphatic heterocycles. The van der Waals surface area contributed by atoms with Crippen LogP contribution in [0.3, 0.4) is 0 Å². The van der Waals surface area contributed by atoms with Gasteiger partial charge in [0.05, 0.1) is 0 Å². The highest BCUT2D eigenvalue weighted by molar-refractivity contribution is 4.74. The van der Waals surface area contributed by atoms with E-state index in [0.29, 0.717) is 0 Å². The van der Waals surface area contributed by atoms with Crippen molar-refractivity contribution in [3.05, 3.63) is 0 Å². The Balaban J connectivity index is 2.25. The Bertz CT molecular complexity index is 131. The molecule has 1 unspecified atom stereocenters. The molecule has 0 amide bonds. The highest BCUT2D eigenvalue weighted by atomic mass is 15.1. The van der Waals surface area contributed by atoms with Gasteiger partial charge in [0.1, 0.15) is 0 Å². The molecule has 1 heterocycles. The van der Waals surface area contributed by atoms with Crippen LogP contribution in [-0.4, -0.2) is 24.0 Å². The number of likely N-dealkylation sites (tertiary alicyclic amines) is 1. The van der Waals surface area contributed by atoms with Gasteiger partial charge in [-0.25, -0.2) is 0 Å². The van der Waals surface area contributed by atoms with Gasteiger partial charge in [0, 0.05) is 12.6 Å². The van der Waals surface area contributed by atoms with E-state index in [1.807, 2.05) is 0 Å². The van der Waals surface area contributed by atoms with Crippen LogP contribution >= 0.6 is 0 Å². The monoisotopic (exact) mass is 183 g/mol. The van der Waals surface area contributed by atoms with E-state index >= 15 is 0 Å². The molecule has 0 saturated carbocycles. The Labute approximate surface area is 83.5 Å². The van der Waals surface area contributed by atoms with Crippen molar-refractivity contribution in [1.82, 2.24) is 4.90 Å². The zero-order valence-electron chi connectivity index (χ0n) is 9.55. The van der Waals surface area contributed by atoms with Gasteiger partial charge in [-0.15, -0.1) is 0 Å². The van der Waals surface area contributed by atoms with E-state index in [0.717, 1.165) is 12.0 Å². The fourth-order valence-electron chi connectivity index (χ4n) is 2.29. The van der Waals surface area contributed by atoms with Gasteiger partial charge in [0.15, 0.2) is 0 Å². The molecule has 1 rings (SSSR count). The van der Waals surface area contributed by atoms with Gasteiger partial charge >= 0.3 is 0 Å². The molecule has 0 bridgehead atoms. The minimum Gasteiger partial charge on any atom is -0.301 e. The summed E-state index contributed by atoms with van der Waals surface area (Å²) < 4.78 is 0. The second-order valence-corrected chi connectivity index (χ2v) is 4.74. The summed E-state index contributed by atoms with van der Waals surface area (Å²) >= 11 is 0. The number of unbranched alkanes of at least 4 members (excludes halogenated alkanes) is 1. The molecule has 78 valence electrons. The van der Waals surface area contributed by atoms with Crippen LogP contribution in [0.2, 0.25) is 0 Å². The Kier molecular flexibility index (Phi) is 4.79. The van der Waals surface area contributed by atoms with E-state index in [9.17, 15) is 0 Å². The van der Waals surface area contributed by atoms with Gasteiger partial charge in [-0.1, -0.05) is 19.8 Å². The normalized spacial score (nSPS) is 25.4. The minimum absolute atomic E-state index is 0.754. The molecule has 0 N–H and O–H groups in total.